The molecule has 3 aromatic rings. The molecule has 3 aromatic carbocycles. The van der Waals surface area contributed by atoms with Gasteiger partial charge < -0.3 is 14.2 Å². The van der Waals surface area contributed by atoms with Crippen molar-refractivity contribution >= 4 is 28.3 Å². The van der Waals surface area contributed by atoms with Crippen LogP contribution in [0.2, 0.25) is 5.02 Å². The van der Waals surface area contributed by atoms with Crippen LogP contribution in [0, 0.1) is 5.92 Å². The summed E-state index contributed by atoms with van der Waals surface area (Å²) in [7, 11) is 0. The van der Waals surface area contributed by atoms with Crippen LogP contribution in [0.25, 0.3) is 10.8 Å². The van der Waals surface area contributed by atoms with Crippen LogP contribution in [0.3, 0.4) is 0 Å². The molecular formula is C25H24ClF3O4. The quantitative estimate of drug-likeness (QED) is 0.310. The highest BCUT2D eigenvalue weighted by atomic mass is 35.5. The molecule has 0 saturated heterocycles. The molecule has 176 valence electrons. The zero-order valence-electron chi connectivity index (χ0n) is 18.4. The summed E-state index contributed by atoms with van der Waals surface area (Å²) < 4.78 is 55.2. The maximum absolute atomic E-state index is 12.8. The number of hydrogen-bond donors (Lipinski definition) is 0. The van der Waals surface area contributed by atoms with Gasteiger partial charge in [-0.1, -0.05) is 44.0 Å². The van der Waals surface area contributed by atoms with Crippen LogP contribution in [0.4, 0.5) is 13.2 Å². The Bertz CT molecular complexity index is 1130. The molecule has 0 aliphatic rings. The van der Waals surface area contributed by atoms with E-state index in [-0.39, 0.29) is 16.7 Å². The van der Waals surface area contributed by atoms with Crippen molar-refractivity contribution in [2.45, 2.75) is 39.5 Å². The molecule has 0 aliphatic heterocycles. The molecule has 0 amide bonds. The molecular weight excluding hydrogens is 457 g/mol. The van der Waals surface area contributed by atoms with Crippen LogP contribution in [-0.2, 0) is 15.7 Å². The first-order chi connectivity index (χ1) is 15.6. The minimum atomic E-state index is -4.49. The number of hydrogen-bond acceptors (Lipinski definition) is 4. The third-order valence-corrected chi connectivity index (χ3v) is 5.42. The first kappa shape index (κ1) is 24.7. The number of rotatable bonds is 8. The fourth-order valence-corrected chi connectivity index (χ4v) is 3.16. The Labute approximate surface area is 195 Å². The van der Waals surface area contributed by atoms with Gasteiger partial charge in [0.15, 0.2) is 6.10 Å². The van der Waals surface area contributed by atoms with Crippen molar-refractivity contribution in [3.8, 4) is 17.2 Å². The zero-order valence-corrected chi connectivity index (χ0v) is 19.2. The monoisotopic (exact) mass is 480 g/mol. The topological polar surface area (TPSA) is 44.8 Å². The Morgan fingerprint density at radius 2 is 1.64 bits per heavy atom. The smallest absolute Gasteiger partial charge is 0.416 e. The molecule has 0 aliphatic carbocycles. The standard InChI is InChI=1S/C25H24ClF3O4/c1-4-15(2)14-31-24(30)16(3)32-20-8-5-17-6-9-21(12-18(17)11-20)33-23-10-7-19(13-22(23)26)25(27,28)29/h5-13,15-16H,4,14H2,1-3H3. The summed E-state index contributed by atoms with van der Waals surface area (Å²) in [5.74, 6) is 0.805. The predicted octanol–water partition coefficient (Wildman–Crippen LogP) is 7.66. The second kappa shape index (κ2) is 10.3. The summed E-state index contributed by atoms with van der Waals surface area (Å²) in [5.41, 5.74) is -0.850. The molecule has 0 heterocycles. The molecule has 2 unspecified atom stereocenters. The van der Waals surface area contributed by atoms with E-state index in [1.54, 1.807) is 37.3 Å². The third-order valence-electron chi connectivity index (χ3n) is 5.12. The first-order valence-corrected chi connectivity index (χ1v) is 10.9. The Balaban J connectivity index is 1.73. The van der Waals surface area contributed by atoms with Gasteiger partial charge in [-0.2, -0.15) is 13.2 Å². The fraction of sp³-hybridized carbons (Fsp3) is 0.320. The maximum Gasteiger partial charge on any atom is 0.416 e. The molecule has 0 N–H and O–H groups in total. The van der Waals surface area contributed by atoms with E-state index in [0.717, 1.165) is 29.3 Å². The molecule has 3 rings (SSSR count). The molecule has 0 spiro atoms. The fourth-order valence-electron chi connectivity index (χ4n) is 2.94. The van der Waals surface area contributed by atoms with E-state index < -0.39 is 23.8 Å². The molecule has 0 bridgehead atoms. The molecule has 0 aromatic heterocycles. The normalized spacial score (nSPS) is 13.4. The van der Waals surface area contributed by atoms with Crippen molar-refractivity contribution in [1.82, 2.24) is 0 Å². The van der Waals surface area contributed by atoms with Crippen LogP contribution in [0.15, 0.2) is 54.6 Å². The highest BCUT2D eigenvalue weighted by Crippen LogP contribution is 2.37. The van der Waals surface area contributed by atoms with Crippen molar-refractivity contribution in [2.24, 2.45) is 5.92 Å². The molecule has 0 radical (unpaired) electrons. The van der Waals surface area contributed by atoms with Crippen molar-refractivity contribution in [3.05, 3.63) is 65.2 Å². The summed E-state index contributed by atoms with van der Waals surface area (Å²) in [6.07, 6.45) is -4.36. The van der Waals surface area contributed by atoms with Gasteiger partial charge in [0.2, 0.25) is 0 Å². The predicted molar refractivity (Wildman–Crippen MR) is 121 cm³/mol. The maximum atomic E-state index is 12.8. The minimum Gasteiger partial charge on any atom is -0.479 e. The van der Waals surface area contributed by atoms with Crippen LogP contribution in [-0.4, -0.2) is 18.7 Å². The van der Waals surface area contributed by atoms with Gasteiger partial charge in [-0.3, -0.25) is 0 Å². The average Bonchev–Trinajstić information content (AvgIpc) is 2.77. The van der Waals surface area contributed by atoms with Gasteiger partial charge in [0.25, 0.3) is 0 Å². The number of halogens is 4. The lowest BCUT2D eigenvalue weighted by Crippen LogP contribution is -2.27. The second-order valence-corrected chi connectivity index (χ2v) is 8.23. The van der Waals surface area contributed by atoms with Gasteiger partial charge in [0, 0.05) is 0 Å². The van der Waals surface area contributed by atoms with Gasteiger partial charge in [-0.25, -0.2) is 4.79 Å². The van der Waals surface area contributed by atoms with Crippen LogP contribution in [0.1, 0.15) is 32.8 Å². The number of benzene rings is 3. The number of alkyl halides is 3. The Morgan fingerprint density at radius 3 is 2.27 bits per heavy atom. The largest absolute Gasteiger partial charge is 0.479 e. The number of esters is 1. The van der Waals surface area contributed by atoms with E-state index >= 15 is 0 Å². The molecule has 8 heteroatoms. The lowest BCUT2D eigenvalue weighted by molar-refractivity contribution is -0.152. The zero-order chi connectivity index (χ0) is 24.2. The van der Waals surface area contributed by atoms with Gasteiger partial charge in [0.1, 0.15) is 17.2 Å². The van der Waals surface area contributed by atoms with E-state index in [2.05, 4.69) is 0 Å². The van der Waals surface area contributed by atoms with E-state index in [1.165, 1.54) is 6.07 Å². The van der Waals surface area contributed by atoms with E-state index in [9.17, 15) is 18.0 Å². The highest BCUT2D eigenvalue weighted by Gasteiger charge is 2.31. The third kappa shape index (κ3) is 6.54. The summed E-state index contributed by atoms with van der Waals surface area (Å²) in [6.45, 7) is 5.99. The van der Waals surface area contributed by atoms with Gasteiger partial charge >= 0.3 is 12.1 Å². The summed E-state index contributed by atoms with van der Waals surface area (Å²) in [4.78, 5) is 12.2. The number of carbonyl (C=O) groups excluding carboxylic acids is 1. The SMILES string of the molecule is CCC(C)COC(=O)C(C)Oc1ccc2ccc(Oc3ccc(C(F)(F)F)cc3Cl)cc2c1. The van der Waals surface area contributed by atoms with Crippen LogP contribution < -0.4 is 9.47 Å². The lowest BCUT2D eigenvalue weighted by Gasteiger charge is -2.16. The van der Waals surface area contributed by atoms with E-state index in [4.69, 9.17) is 25.8 Å². The molecule has 4 nitrogen and oxygen atoms in total. The Kier molecular flexibility index (Phi) is 7.74. The van der Waals surface area contributed by atoms with Gasteiger partial charge in [-0.05, 0) is 66.1 Å². The van der Waals surface area contributed by atoms with Crippen molar-refractivity contribution in [3.63, 3.8) is 0 Å². The number of ether oxygens (including phenoxy) is 3. The Hall–Kier alpha value is -2.93. The molecule has 33 heavy (non-hydrogen) atoms. The molecule has 2 atom stereocenters. The van der Waals surface area contributed by atoms with Crippen LogP contribution in [0.5, 0.6) is 17.2 Å². The summed E-state index contributed by atoms with van der Waals surface area (Å²) >= 11 is 5.98. The van der Waals surface area contributed by atoms with Crippen molar-refractivity contribution in [2.75, 3.05) is 6.61 Å². The van der Waals surface area contributed by atoms with E-state index in [0.29, 0.717) is 18.1 Å². The molecule has 0 saturated carbocycles. The number of carbonyl (C=O) groups is 1. The van der Waals surface area contributed by atoms with Crippen LogP contribution >= 0.6 is 11.6 Å². The average molecular weight is 481 g/mol. The van der Waals surface area contributed by atoms with Crippen molar-refractivity contribution in [1.29, 1.82) is 0 Å². The van der Waals surface area contributed by atoms with Gasteiger partial charge in [-0.15, -0.1) is 0 Å². The van der Waals surface area contributed by atoms with Crippen molar-refractivity contribution < 1.29 is 32.2 Å². The number of fused-ring (bicyclic) bond motifs is 1. The molecule has 0 fully saturated rings. The summed E-state index contributed by atoms with van der Waals surface area (Å²) in [6, 6.07) is 13.4. The second-order valence-electron chi connectivity index (χ2n) is 7.82. The lowest BCUT2D eigenvalue weighted by atomic mass is 10.1. The summed E-state index contributed by atoms with van der Waals surface area (Å²) in [5, 5.41) is 1.50. The van der Waals surface area contributed by atoms with E-state index in [1.807, 2.05) is 19.9 Å². The first-order valence-electron chi connectivity index (χ1n) is 10.5. The minimum absolute atomic E-state index is 0.106. The highest BCUT2D eigenvalue weighted by molar-refractivity contribution is 6.32. The Morgan fingerprint density at radius 1 is 0.970 bits per heavy atom. The van der Waals surface area contributed by atoms with Gasteiger partial charge in [0.05, 0.1) is 17.2 Å².